The molecule has 0 unspecified atom stereocenters. The number of nitrogens with zero attached hydrogens (tertiary/aromatic N) is 1. The SMILES string of the molecule is Cc1ccc(C)c(CNCCN(C)C(C)C)c1. The Balaban J connectivity index is 2.33. The standard InChI is InChI=1S/C15H26N2/c1-12(2)17(5)9-8-16-11-15-10-13(3)6-7-14(15)4/h6-7,10,12,16H,8-9,11H2,1-5H3. The third kappa shape index (κ3) is 4.88. The molecule has 0 aromatic heterocycles. The number of benzene rings is 1. The summed E-state index contributed by atoms with van der Waals surface area (Å²) < 4.78 is 0. The second-order valence-electron chi connectivity index (χ2n) is 5.18. The maximum Gasteiger partial charge on any atom is 0.0208 e. The third-order valence-corrected chi connectivity index (χ3v) is 3.34. The minimum absolute atomic E-state index is 0.623. The van der Waals surface area contributed by atoms with Crippen molar-refractivity contribution < 1.29 is 0 Å². The molecule has 2 nitrogen and oxygen atoms in total. The van der Waals surface area contributed by atoms with Crippen LogP contribution >= 0.6 is 0 Å². The van der Waals surface area contributed by atoms with Crippen molar-refractivity contribution in [3.05, 3.63) is 34.9 Å². The van der Waals surface area contributed by atoms with Crippen LogP contribution in [0.15, 0.2) is 18.2 Å². The predicted octanol–water partition coefficient (Wildman–Crippen LogP) is 2.73. The molecule has 0 aliphatic heterocycles. The van der Waals surface area contributed by atoms with E-state index in [0.29, 0.717) is 6.04 Å². The zero-order valence-electron chi connectivity index (χ0n) is 11.9. The van der Waals surface area contributed by atoms with E-state index in [1.807, 2.05) is 0 Å². The van der Waals surface area contributed by atoms with Gasteiger partial charge in [0.15, 0.2) is 0 Å². The van der Waals surface area contributed by atoms with E-state index in [4.69, 9.17) is 0 Å². The minimum atomic E-state index is 0.623. The Kier molecular flexibility index (Phi) is 5.66. The van der Waals surface area contributed by atoms with Crippen LogP contribution in [0.4, 0.5) is 0 Å². The van der Waals surface area contributed by atoms with E-state index in [2.05, 4.69) is 63.2 Å². The number of aryl methyl sites for hydroxylation is 2. The van der Waals surface area contributed by atoms with E-state index in [1.54, 1.807) is 0 Å². The molecule has 0 atom stereocenters. The van der Waals surface area contributed by atoms with Crippen molar-refractivity contribution in [3.8, 4) is 0 Å². The summed E-state index contributed by atoms with van der Waals surface area (Å²) >= 11 is 0. The summed E-state index contributed by atoms with van der Waals surface area (Å²) in [5.74, 6) is 0. The van der Waals surface area contributed by atoms with Crippen LogP contribution in [0, 0.1) is 13.8 Å². The fourth-order valence-corrected chi connectivity index (χ4v) is 1.73. The van der Waals surface area contributed by atoms with Crippen LogP contribution in [-0.4, -0.2) is 31.1 Å². The summed E-state index contributed by atoms with van der Waals surface area (Å²) in [6.45, 7) is 11.9. The fraction of sp³-hybridized carbons (Fsp3) is 0.600. The Morgan fingerprint density at radius 1 is 1.24 bits per heavy atom. The van der Waals surface area contributed by atoms with Crippen LogP contribution in [0.25, 0.3) is 0 Å². The maximum absolute atomic E-state index is 3.51. The lowest BCUT2D eigenvalue weighted by atomic mass is 10.1. The van der Waals surface area contributed by atoms with Gasteiger partial charge in [0.25, 0.3) is 0 Å². The second kappa shape index (κ2) is 6.77. The highest BCUT2D eigenvalue weighted by Crippen LogP contribution is 2.09. The van der Waals surface area contributed by atoms with Crippen molar-refractivity contribution in [1.82, 2.24) is 10.2 Å². The smallest absolute Gasteiger partial charge is 0.0208 e. The van der Waals surface area contributed by atoms with Crippen LogP contribution in [0.2, 0.25) is 0 Å². The molecule has 0 aliphatic carbocycles. The molecule has 0 radical (unpaired) electrons. The van der Waals surface area contributed by atoms with Crippen molar-refractivity contribution in [3.63, 3.8) is 0 Å². The first-order valence-corrected chi connectivity index (χ1v) is 6.48. The number of likely N-dealkylation sites (N-methyl/N-ethyl adjacent to an activating group) is 1. The Labute approximate surface area is 106 Å². The summed E-state index contributed by atoms with van der Waals surface area (Å²) in [5.41, 5.74) is 4.13. The number of nitrogens with one attached hydrogen (secondary N) is 1. The van der Waals surface area contributed by atoms with Crippen LogP contribution in [-0.2, 0) is 6.54 Å². The molecule has 1 N–H and O–H groups in total. The highest BCUT2D eigenvalue weighted by Gasteiger charge is 2.02. The van der Waals surface area contributed by atoms with Gasteiger partial charge < -0.3 is 10.2 Å². The van der Waals surface area contributed by atoms with E-state index < -0.39 is 0 Å². The van der Waals surface area contributed by atoms with Gasteiger partial charge in [-0.3, -0.25) is 0 Å². The van der Waals surface area contributed by atoms with E-state index in [1.165, 1.54) is 16.7 Å². The molecule has 2 heteroatoms. The van der Waals surface area contributed by atoms with E-state index in [9.17, 15) is 0 Å². The number of rotatable bonds is 6. The van der Waals surface area contributed by atoms with E-state index >= 15 is 0 Å². The average Bonchev–Trinajstić information content (AvgIpc) is 2.28. The van der Waals surface area contributed by atoms with E-state index in [0.717, 1.165) is 19.6 Å². The minimum Gasteiger partial charge on any atom is -0.311 e. The molecule has 0 heterocycles. The first-order chi connectivity index (χ1) is 8.00. The largest absolute Gasteiger partial charge is 0.311 e. The van der Waals surface area contributed by atoms with Crippen molar-refractivity contribution in [2.24, 2.45) is 0 Å². The summed E-state index contributed by atoms with van der Waals surface area (Å²) in [6.07, 6.45) is 0. The molecular weight excluding hydrogens is 208 g/mol. The van der Waals surface area contributed by atoms with Gasteiger partial charge in [0.05, 0.1) is 0 Å². The number of hydrogen-bond acceptors (Lipinski definition) is 2. The Bertz CT molecular complexity index is 345. The first kappa shape index (κ1) is 14.2. The zero-order chi connectivity index (χ0) is 12.8. The van der Waals surface area contributed by atoms with Crippen molar-refractivity contribution >= 4 is 0 Å². The summed E-state index contributed by atoms with van der Waals surface area (Å²) in [7, 11) is 2.17. The van der Waals surface area contributed by atoms with Crippen molar-refractivity contribution in [2.75, 3.05) is 20.1 Å². The molecule has 1 aromatic carbocycles. The van der Waals surface area contributed by atoms with Gasteiger partial charge >= 0.3 is 0 Å². The van der Waals surface area contributed by atoms with Gasteiger partial charge in [0.1, 0.15) is 0 Å². The van der Waals surface area contributed by atoms with Crippen molar-refractivity contribution in [1.29, 1.82) is 0 Å². The summed E-state index contributed by atoms with van der Waals surface area (Å²) in [4.78, 5) is 2.36. The normalized spacial score (nSPS) is 11.5. The van der Waals surface area contributed by atoms with Crippen LogP contribution in [0.5, 0.6) is 0 Å². The lowest BCUT2D eigenvalue weighted by Crippen LogP contribution is -2.33. The average molecular weight is 234 g/mol. The molecule has 96 valence electrons. The van der Waals surface area contributed by atoms with Gasteiger partial charge in [-0.05, 0) is 45.9 Å². The van der Waals surface area contributed by atoms with Gasteiger partial charge in [-0.1, -0.05) is 23.8 Å². The first-order valence-electron chi connectivity index (χ1n) is 6.48. The molecule has 1 aromatic rings. The summed E-state index contributed by atoms with van der Waals surface area (Å²) in [5, 5.41) is 3.51. The van der Waals surface area contributed by atoms with Gasteiger partial charge in [0, 0.05) is 25.7 Å². The third-order valence-electron chi connectivity index (χ3n) is 3.34. The molecule has 0 saturated carbocycles. The molecule has 17 heavy (non-hydrogen) atoms. The van der Waals surface area contributed by atoms with Gasteiger partial charge in [-0.2, -0.15) is 0 Å². The fourth-order valence-electron chi connectivity index (χ4n) is 1.73. The van der Waals surface area contributed by atoms with Gasteiger partial charge in [0.2, 0.25) is 0 Å². The summed E-state index contributed by atoms with van der Waals surface area (Å²) in [6, 6.07) is 7.27. The molecular formula is C15H26N2. The quantitative estimate of drug-likeness (QED) is 0.761. The van der Waals surface area contributed by atoms with Gasteiger partial charge in [-0.25, -0.2) is 0 Å². The second-order valence-corrected chi connectivity index (χ2v) is 5.18. The van der Waals surface area contributed by atoms with Crippen LogP contribution in [0.3, 0.4) is 0 Å². The lowest BCUT2D eigenvalue weighted by Gasteiger charge is -2.21. The zero-order valence-corrected chi connectivity index (χ0v) is 11.9. The van der Waals surface area contributed by atoms with Crippen LogP contribution < -0.4 is 5.32 Å². The molecule has 0 aliphatic rings. The van der Waals surface area contributed by atoms with E-state index in [-0.39, 0.29) is 0 Å². The molecule has 1 rings (SSSR count). The highest BCUT2D eigenvalue weighted by molar-refractivity contribution is 5.30. The monoisotopic (exact) mass is 234 g/mol. The Hall–Kier alpha value is -0.860. The van der Waals surface area contributed by atoms with Crippen molar-refractivity contribution in [2.45, 2.75) is 40.3 Å². The Morgan fingerprint density at radius 3 is 2.59 bits per heavy atom. The molecule has 0 saturated heterocycles. The predicted molar refractivity (Wildman–Crippen MR) is 75.4 cm³/mol. The topological polar surface area (TPSA) is 15.3 Å². The molecule has 0 spiro atoms. The number of hydrogen-bond donors (Lipinski definition) is 1. The molecule has 0 bridgehead atoms. The van der Waals surface area contributed by atoms with Gasteiger partial charge in [-0.15, -0.1) is 0 Å². The maximum atomic E-state index is 3.51. The highest BCUT2D eigenvalue weighted by atomic mass is 15.1. The molecule has 0 fully saturated rings. The Morgan fingerprint density at radius 2 is 1.94 bits per heavy atom. The lowest BCUT2D eigenvalue weighted by molar-refractivity contribution is 0.273. The molecule has 0 amide bonds. The van der Waals surface area contributed by atoms with Crippen LogP contribution in [0.1, 0.15) is 30.5 Å².